The number of halogens is 1. The average Bonchev–Trinajstić information content (AvgIpc) is 3.21. The molecule has 1 N–H and O–H groups in total. The molecule has 0 bridgehead atoms. The summed E-state index contributed by atoms with van der Waals surface area (Å²) in [4.78, 5) is 23.5. The van der Waals surface area contributed by atoms with E-state index in [0.717, 1.165) is 10.0 Å². The first-order chi connectivity index (χ1) is 14.4. The zero-order valence-electron chi connectivity index (χ0n) is 16.3. The van der Waals surface area contributed by atoms with Crippen molar-refractivity contribution in [2.24, 2.45) is 0 Å². The van der Waals surface area contributed by atoms with Gasteiger partial charge in [-0.3, -0.25) is 14.9 Å². The second kappa shape index (κ2) is 9.45. The normalized spacial score (nSPS) is 10.5. The highest BCUT2D eigenvalue weighted by Crippen LogP contribution is 2.34. The number of nitro benzene ring substituents is 1. The van der Waals surface area contributed by atoms with Crippen LogP contribution in [0.15, 0.2) is 57.4 Å². The largest absolute Gasteiger partial charge is 0.493 e. The van der Waals surface area contributed by atoms with Crippen LogP contribution in [0.4, 0.5) is 5.69 Å². The molecular formula is C21H19BrN2O6. The molecule has 0 saturated carbocycles. The van der Waals surface area contributed by atoms with Gasteiger partial charge in [0.1, 0.15) is 17.1 Å². The van der Waals surface area contributed by atoms with Crippen LogP contribution in [0.2, 0.25) is 0 Å². The van der Waals surface area contributed by atoms with E-state index in [1.54, 1.807) is 19.1 Å². The van der Waals surface area contributed by atoms with E-state index in [2.05, 4.69) is 21.2 Å². The van der Waals surface area contributed by atoms with Crippen LogP contribution in [-0.4, -0.2) is 24.5 Å². The summed E-state index contributed by atoms with van der Waals surface area (Å²) in [5.41, 5.74) is 0.398. The van der Waals surface area contributed by atoms with E-state index in [4.69, 9.17) is 13.9 Å². The van der Waals surface area contributed by atoms with E-state index in [-0.39, 0.29) is 29.3 Å². The molecule has 30 heavy (non-hydrogen) atoms. The smallest absolute Gasteiger partial charge is 0.286 e. The Balaban J connectivity index is 1.78. The number of carbonyl (C=O) groups excluding carboxylic acids is 1. The first-order valence-electron chi connectivity index (χ1n) is 9.05. The SMILES string of the molecule is CCOc1cc(C(=O)NCc2ccc(-c3ccc(Br)cc3)o2)c([N+](=O)[O-])cc1OC. The van der Waals surface area contributed by atoms with Gasteiger partial charge in [-0.2, -0.15) is 0 Å². The molecule has 0 aliphatic rings. The maximum Gasteiger partial charge on any atom is 0.286 e. The van der Waals surface area contributed by atoms with E-state index < -0.39 is 10.8 Å². The van der Waals surface area contributed by atoms with Gasteiger partial charge < -0.3 is 19.2 Å². The number of hydrogen-bond donors (Lipinski definition) is 1. The Kier molecular flexibility index (Phi) is 6.73. The monoisotopic (exact) mass is 474 g/mol. The van der Waals surface area contributed by atoms with Crippen molar-refractivity contribution >= 4 is 27.5 Å². The first kappa shape index (κ1) is 21.4. The molecule has 0 fully saturated rings. The zero-order valence-corrected chi connectivity index (χ0v) is 17.9. The van der Waals surface area contributed by atoms with Crippen molar-refractivity contribution in [1.29, 1.82) is 0 Å². The van der Waals surface area contributed by atoms with Crippen LogP contribution in [-0.2, 0) is 6.54 Å². The Morgan fingerprint density at radius 1 is 1.17 bits per heavy atom. The molecular weight excluding hydrogens is 456 g/mol. The molecule has 0 unspecified atom stereocenters. The van der Waals surface area contributed by atoms with Crippen LogP contribution < -0.4 is 14.8 Å². The van der Waals surface area contributed by atoms with Gasteiger partial charge in [0.25, 0.3) is 11.6 Å². The molecule has 1 heterocycles. The number of methoxy groups -OCH3 is 1. The number of furan rings is 1. The quantitative estimate of drug-likeness (QED) is 0.365. The number of rotatable bonds is 8. The first-order valence-corrected chi connectivity index (χ1v) is 9.84. The lowest BCUT2D eigenvalue weighted by molar-refractivity contribution is -0.385. The second-order valence-electron chi connectivity index (χ2n) is 6.17. The van der Waals surface area contributed by atoms with Crippen LogP contribution in [0, 0.1) is 10.1 Å². The van der Waals surface area contributed by atoms with Gasteiger partial charge in [-0.15, -0.1) is 0 Å². The van der Waals surface area contributed by atoms with Gasteiger partial charge in [0.15, 0.2) is 11.5 Å². The maximum absolute atomic E-state index is 12.7. The minimum atomic E-state index is -0.633. The fourth-order valence-corrected chi connectivity index (χ4v) is 3.08. The van der Waals surface area contributed by atoms with Gasteiger partial charge in [0.2, 0.25) is 0 Å². The standard InChI is InChI=1S/C21H19BrN2O6/c1-3-29-20-10-16(17(24(26)27)11-19(20)28-2)21(25)23-12-15-8-9-18(30-15)13-4-6-14(22)7-5-13/h4-11H,3,12H2,1-2H3,(H,23,25). The van der Waals surface area contributed by atoms with Gasteiger partial charge in [-0.25, -0.2) is 0 Å². The highest BCUT2D eigenvalue weighted by molar-refractivity contribution is 9.10. The predicted octanol–water partition coefficient (Wildman–Crippen LogP) is 4.95. The fourth-order valence-electron chi connectivity index (χ4n) is 2.81. The minimum Gasteiger partial charge on any atom is -0.493 e. The predicted molar refractivity (Wildman–Crippen MR) is 114 cm³/mol. The molecule has 1 aromatic heterocycles. The van der Waals surface area contributed by atoms with Crippen LogP contribution in [0.1, 0.15) is 23.0 Å². The Morgan fingerprint density at radius 3 is 2.53 bits per heavy atom. The van der Waals surface area contributed by atoms with Crippen LogP contribution in [0.5, 0.6) is 11.5 Å². The van der Waals surface area contributed by atoms with E-state index in [9.17, 15) is 14.9 Å². The third-order valence-electron chi connectivity index (χ3n) is 4.24. The van der Waals surface area contributed by atoms with Crippen LogP contribution in [0.3, 0.4) is 0 Å². The minimum absolute atomic E-state index is 0.0719. The summed E-state index contributed by atoms with van der Waals surface area (Å²) in [6.45, 7) is 2.16. The summed E-state index contributed by atoms with van der Waals surface area (Å²) in [7, 11) is 1.38. The third-order valence-corrected chi connectivity index (χ3v) is 4.77. The van der Waals surface area contributed by atoms with Crippen LogP contribution >= 0.6 is 15.9 Å². The molecule has 0 spiro atoms. The number of ether oxygens (including phenoxy) is 2. The van der Waals surface area contributed by atoms with Crippen LogP contribution in [0.25, 0.3) is 11.3 Å². The van der Waals surface area contributed by atoms with Crippen molar-refractivity contribution in [3.8, 4) is 22.8 Å². The van der Waals surface area contributed by atoms with Gasteiger partial charge in [-0.05, 0) is 31.2 Å². The summed E-state index contributed by atoms with van der Waals surface area (Å²) in [5.74, 6) is 0.992. The van der Waals surface area contributed by atoms with Gasteiger partial charge >= 0.3 is 0 Å². The molecule has 8 nitrogen and oxygen atoms in total. The summed E-state index contributed by atoms with van der Waals surface area (Å²) >= 11 is 3.38. The van der Waals surface area contributed by atoms with E-state index in [1.807, 2.05) is 24.3 Å². The number of benzene rings is 2. The maximum atomic E-state index is 12.7. The molecule has 3 rings (SSSR count). The van der Waals surface area contributed by atoms with E-state index >= 15 is 0 Å². The summed E-state index contributed by atoms with van der Waals surface area (Å²) in [5, 5.41) is 14.1. The van der Waals surface area contributed by atoms with Gasteiger partial charge in [0.05, 0.1) is 31.3 Å². The summed E-state index contributed by atoms with van der Waals surface area (Å²) in [6.07, 6.45) is 0. The Morgan fingerprint density at radius 2 is 1.90 bits per heavy atom. The van der Waals surface area contributed by atoms with Gasteiger partial charge in [0, 0.05) is 16.1 Å². The number of nitro groups is 1. The number of hydrogen-bond acceptors (Lipinski definition) is 6. The Hall–Kier alpha value is -3.33. The lowest BCUT2D eigenvalue weighted by atomic mass is 10.1. The van der Waals surface area contributed by atoms with Crippen molar-refractivity contribution in [2.75, 3.05) is 13.7 Å². The lowest BCUT2D eigenvalue weighted by Crippen LogP contribution is -2.23. The second-order valence-corrected chi connectivity index (χ2v) is 7.08. The molecule has 2 aromatic carbocycles. The fraction of sp³-hybridized carbons (Fsp3) is 0.190. The highest BCUT2D eigenvalue weighted by atomic mass is 79.9. The van der Waals surface area contributed by atoms with Gasteiger partial charge in [-0.1, -0.05) is 28.1 Å². The molecule has 1 amide bonds. The third kappa shape index (κ3) is 4.80. The van der Waals surface area contributed by atoms with Crippen molar-refractivity contribution in [3.05, 3.63) is 74.4 Å². The number of nitrogens with zero attached hydrogens (tertiary/aromatic N) is 1. The highest BCUT2D eigenvalue weighted by Gasteiger charge is 2.24. The molecule has 0 saturated heterocycles. The molecule has 0 aliphatic heterocycles. The molecule has 0 radical (unpaired) electrons. The number of amides is 1. The number of nitrogens with one attached hydrogen (secondary N) is 1. The summed E-state index contributed by atoms with van der Waals surface area (Å²) in [6, 6.07) is 13.6. The van der Waals surface area contributed by atoms with E-state index in [1.165, 1.54) is 19.2 Å². The Bertz CT molecular complexity index is 1060. The van der Waals surface area contributed by atoms with Crippen molar-refractivity contribution in [1.82, 2.24) is 5.32 Å². The molecule has 3 aromatic rings. The number of carbonyl (C=O) groups is 1. The molecule has 0 aliphatic carbocycles. The zero-order chi connectivity index (χ0) is 21.7. The molecule has 156 valence electrons. The average molecular weight is 475 g/mol. The molecule has 9 heteroatoms. The van der Waals surface area contributed by atoms with Crippen molar-refractivity contribution in [2.45, 2.75) is 13.5 Å². The lowest BCUT2D eigenvalue weighted by Gasteiger charge is -2.11. The molecule has 0 atom stereocenters. The van der Waals surface area contributed by atoms with Crippen molar-refractivity contribution < 1.29 is 23.6 Å². The van der Waals surface area contributed by atoms with Crippen molar-refractivity contribution in [3.63, 3.8) is 0 Å². The Labute approximate surface area is 181 Å². The topological polar surface area (TPSA) is 104 Å². The van der Waals surface area contributed by atoms with E-state index in [0.29, 0.717) is 18.1 Å². The summed E-state index contributed by atoms with van der Waals surface area (Å²) < 4.78 is 17.3.